The molecular formula is C37H48N4O8S. The maximum atomic E-state index is 14.4. The number of ether oxygens (including phenoxy) is 2. The molecule has 3 N–H and O–H groups in total. The lowest BCUT2D eigenvalue weighted by molar-refractivity contribution is -0.142. The van der Waals surface area contributed by atoms with Crippen molar-refractivity contribution >= 4 is 33.8 Å². The van der Waals surface area contributed by atoms with Gasteiger partial charge in [-0.15, -0.1) is 6.58 Å². The van der Waals surface area contributed by atoms with Crippen molar-refractivity contribution in [1.29, 1.82) is 0 Å². The van der Waals surface area contributed by atoms with Crippen LogP contribution in [0.15, 0.2) is 67.3 Å². The summed E-state index contributed by atoms with van der Waals surface area (Å²) < 4.78 is 39.1. The minimum Gasteiger partial charge on any atom is -0.444 e. The molecule has 5 rings (SSSR count). The Morgan fingerprint density at radius 3 is 2.12 bits per heavy atom. The summed E-state index contributed by atoms with van der Waals surface area (Å²) in [5.74, 6) is -2.92. The summed E-state index contributed by atoms with van der Waals surface area (Å²) in [7, 11) is -2.38. The van der Waals surface area contributed by atoms with Crippen molar-refractivity contribution in [2.45, 2.75) is 94.4 Å². The second-order valence-electron chi connectivity index (χ2n) is 14.9. The molecule has 3 aliphatic rings. The van der Waals surface area contributed by atoms with Crippen LogP contribution >= 0.6 is 0 Å². The van der Waals surface area contributed by atoms with Gasteiger partial charge in [0.05, 0.1) is 11.8 Å². The number of sulfonamides is 1. The van der Waals surface area contributed by atoms with Crippen LogP contribution in [-0.2, 0) is 39.5 Å². The number of amides is 4. The topological polar surface area (TPSA) is 160 Å². The molecule has 0 radical (unpaired) electrons. The third-order valence-corrected chi connectivity index (χ3v) is 11.5. The van der Waals surface area contributed by atoms with E-state index in [1.807, 2.05) is 54.6 Å². The number of nitrogens with one attached hydrogen (secondary N) is 3. The van der Waals surface area contributed by atoms with E-state index in [9.17, 15) is 27.6 Å². The van der Waals surface area contributed by atoms with E-state index in [0.717, 1.165) is 16.7 Å². The summed E-state index contributed by atoms with van der Waals surface area (Å²) in [5.41, 5.74) is -0.764. The van der Waals surface area contributed by atoms with E-state index >= 15 is 0 Å². The second-order valence-corrected chi connectivity index (χ2v) is 16.8. The summed E-state index contributed by atoms with van der Waals surface area (Å²) in [6, 6.07) is 15.3. The smallest absolute Gasteiger partial charge is 0.408 e. The van der Waals surface area contributed by atoms with Gasteiger partial charge in [-0.05, 0) is 62.6 Å². The largest absolute Gasteiger partial charge is 0.444 e. The molecule has 2 aromatic rings. The van der Waals surface area contributed by atoms with E-state index < -0.39 is 73.8 Å². The van der Waals surface area contributed by atoms with Crippen LogP contribution in [-0.4, -0.2) is 79.3 Å². The highest BCUT2D eigenvalue weighted by Crippen LogP contribution is 2.46. The van der Waals surface area contributed by atoms with Gasteiger partial charge in [0, 0.05) is 19.4 Å². The fourth-order valence-electron chi connectivity index (χ4n) is 6.56. The van der Waals surface area contributed by atoms with E-state index in [2.05, 4.69) is 21.9 Å². The van der Waals surface area contributed by atoms with Crippen LogP contribution in [0.3, 0.4) is 0 Å². The van der Waals surface area contributed by atoms with Crippen LogP contribution in [0, 0.1) is 11.8 Å². The normalized spacial score (nSPS) is 25.4. The molecule has 5 atom stereocenters. The number of nitrogens with zero attached hydrogens (tertiary/aromatic N) is 1. The fourth-order valence-corrected chi connectivity index (χ4v) is 7.92. The van der Waals surface area contributed by atoms with E-state index in [1.54, 1.807) is 34.6 Å². The Morgan fingerprint density at radius 2 is 1.60 bits per heavy atom. The first kappa shape index (κ1) is 37.0. The molecule has 12 nitrogen and oxygen atoms in total. The predicted octanol–water partition coefficient (Wildman–Crippen LogP) is 4.01. The number of alkyl carbamates (subject to hydrolysis) is 1. The number of methoxy groups -OCH3 is 1. The van der Waals surface area contributed by atoms with Crippen LogP contribution in [0.2, 0.25) is 0 Å². The van der Waals surface area contributed by atoms with Crippen molar-refractivity contribution in [3.8, 4) is 11.1 Å². The van der Waals surface area contributed by atoms with Crippen molar-refractivity contribution in [2.75, 3.05) is 13.7 Å². The van der Waals surface area contributed by atoms with Crippen LogP contribution < -0.4 is 15.4 Å². The van der Waals surface area contributed by atoms with Gasteiger partial charge >= 0.3 is 6.09 Å². The highest BCUT2D eigenvalue weighted by atomic mass is 32.2. The Balaban J connectivity index is 1.47. The van der Waals surface area contributed by atoms with Gasteiger partial charge in [-0.25, -0.2) is 13.2 Å². The van der Waals surface area contributed by atoms with Gasteiger partial charge in [-0.2, -0.15) is 0 Å². The zero-order chi connectivity index (χ0) is 36.6. The lowest BCUT2D eigenvalue weighted by Gasteiger charge is -2.32. The van der Waals surface area contributed by atoms with Crippen LogP contribution in [0.1, 0.15) is 65.9 Å². The van der Waals surface area contributed by atoms with Gasteiger partial charge in [-0.3, -0.25) is 19.1 Å². The standard InChI is InChI=1S/C37H48N4O8S/c1-8-26-20-37(26,33(44)40-50(46,47)28-18-19-28)39-31(42)29-21-36(48-7,27-16-14-25(15-17-27)24-12-10-9-11-13-24)22-41(29)32(43)30(23(2)3)38-34(45)49-35(4,5)6/h8-17,23,26,28-30H,1,18-22H2,2-7H3,(H,38,45)(H,39,42)(H,40,44)/t26?,29-,30-,36-,37?/m0/s1. The number of hydrogen-bond donors (Lipinski definition) is 3. The monoisotopic (exact) mass is 708 g/mol. The van der Waals surface area contributed by atoms with Crippen molar-refractivity contribution < 1.29 is 37.1 Å². The van der Waals surface area contributed by atoms with Crippen molar-refractivity contribution in [3.05, 3.63) is 72.8 Å². The highest BCUT2D eigenvalue weighted by molar-refractivity contribution is 7.91. The third-order valence-electron chi connectivity index (χ3n) is 9.67. The summed E-state index contributed by atoms with van der Waals surface area (Å²) in [6.07, 6.45) is 1.84. The van der Waals surface area contributed by atoms with Crippen LogP contribution in [0.25, 0.3) is 11.1 Å². The molecule has 0 bridgehead atoms. The quantitative estimate of drug-likeness (QED) is 0.279. The molecule has 4 amide bonds. The predicted molar refractivity (Wildman–Crippen MR) is 188 cm³/mol. The molecule has 0 aromatic heterocycles. The number of hydrogen-bond acceptors (Lipinski definition) is 8. The molecule has 1 aliphatic heterocycles. The molecule has 3 fully saturated rings. The number of carbonyl (C=O) groups excluding carboxylic acids is 4. The molecule has 2 saturated carbocycles. The number of likely N-dealkylation sites (tertiary alicyclic amines) is 1. The van der Waals surface area contributed by atoms with Crippen LogP contribution in [0.5, 0.6) is 0 Å². The van der Waals surface area contributed by atoms with Crippen molar-refractivity contribution in [3.63, 3.8) is 0 Å². The maximum Gasteiger partial charge on any atom is 0.408 e. The average molecular weight is 709 g/mol. The SMILES string of the molecule is C=CC1CC1(NC(=O)[C@@H]1C[C@@](OC)(c2ccc(-c3ccccc3)cc2)CN1C(=O)[C@@H](NC(=O)OC(C)(C)C)C(C)C)C(=O)NS(=O)(=O)C1CC1. The number of carbonyl (C=O) groups is 4. The Morgan fingerprint density at radius 1 is 0.980 bits per heavy atom. The summed E-state index contributed by atoms with van der Waals surface area (Å²) in [5, 5.41) is 4.87. The molecule has 0 spiro atoms. The van der Waals surface area contributed by atoms with Gasteiger partial charge in [-0.1, -0.05) is 74.5 Å². The summed E-state index contributed by atoms with van der Waals surface area (Å²) in [4.78, 5) is 56.5. The minimum atomic E-state index is -3.89. The van der Waals surface area contributed by atoms with E-state index in [1.165, 1.54) is 18.1 Å². The minimum absolute atomic E-state index is 0.0276. The number of rotatable bonds is 12. The molecule has 1 saturated heterocycles. The third kappa shape index (κ3) is 7.73. The van der Waals surface area contributed by atoms with Crippen molar-refractivity contribution in [2.24, 2.45) is 11.8 Å². The first-order chi connectivity index (χ1) is 23.4. The van der Waals surface area contributed by atoms with Gasteiger partial charge in [0.25, 0.3) is 5.91 Å². The number of benzene rings is 2. The zero-order valence-corrected chi connectivity index (χ0v) is 30.3. The zero-order valence-electron chi connectivity index (χ0n) is 29.5. The van der Waals surface area contributed by atoms with Gasteiger partial charge in [0.2, 0.25) is 21.8 Å². The average Bonchev–Trinajstić information content (AvgIpc) is 3.99. The molecule has 270 valence electrons. The Kier molecular flexibility index (Phi) is 10.2. The van der Waals surface area contributed by atoms with Gasteiger partial charge < -0.3 is 25.0 Å². The highest BCUT2D eigenvalue weighted by Gasteiger charge is 2.62. The Bertz CT molecular complexity index is 1740. The first-order valence-corrected chi connectivity index (χ1v) is 18.5. The van der Waals surface area contributed by atoms with E-state index in [0.29, 0.717) is 12.8 Å². The molecule has 13 heteroatoms. The first-order valence-electron chi connectivity index (χ1n) is 17.0. The Hall–Kier alpha value is -4.23. The molecule has 2 aliphatic carbocycles. The van der Waals surface area contributed by atoms with Crippen molar-refractivity contribution in [1.82, 2.24) is 20.3 Å². The summed E-state index contributed by atoms with van der Waals surface area (Å²) >= 11 is 0. The molecule has 1 heterocycles. The van der Waals surface area contributed by atoms with Gasteiger partial charge in [0.15, 0.2) is 0 Å². The molecular weight excluding hydrogens is 660 g/mol. The fraction of sp³-hybridized carbons (Fsp3) is 0.514. The van der Waals surface area contributed by atoms with Crippen LogP contribution in [0.4, 0.5) is 4.79 Å². The Labute approximate surface area is 294 Å². The van der Waals surface area contributed by atoms with E-state index in [-0.39, 0.29) is 25.3 Å². The molecule has 2 aromatic carbocycles. The summed E-state index contributed by atoms with van der Waals surface area (Å²) in [6.45, 7) is 12.4. The lowest BCUT2D eigenvalue weighted by atomic mass is 9.89. The lowest BCUT2D eigenvalue weighted by Crippen LogP contribution is -2.59. The molecule has 2 unspecified atom stereocenters. The molecule has 50 heavy (non-hydrogen) atoms. The van der Waals surface area contributed by atoms with Gasteiger partial charge in [0.1, 0.15) is 28.8 Å². The maximum absolute atomic E-state index is 14.4. The second kappa shape index (κ2) is 13.8. The van der Waals surface area contributed by atoms with E-state index in [4.69, 9.17) is 9.47 Å².